The Hall–Kier alpha value is -3.33. The predicted octanol–water partition coefficient (Wildman–Crippen LogP) is 7.11. The third kappa shape index (κ3) is 4.81. The molecule has 1 heterocycles. The first-order valence-corrected chi connectivity index (χ1v) is 12.7. The molecule has 0 aromatic heterocycles. The average molecular weight is 548 g/mol. The van der Waals surface area contributed by atoms with Gasteiger partial charge in [0.1, 0.15) is 11.6 Å². The standard InChI is InChI=1S/C30H27F6NO2/c1-28(33,30(34,35)36)22-7-10-24-19(14-22)6-11-26-29(24,16-18-2-8-23(31)9-3-18)12-13-37(26)17-21-5-4-20(27(38)39)15-25(21)32/h2-5,7-10,14-15,26H,6,11-13,16-17H2,1H3,(H,38,39)/t26-,28?,29-/m1/s1. The maximum absolute atomic E-state index is 14.8. The Kier molecular flexibility index (Phi) is 6.77. The van der Waals surface area contributed by atoms with Crippen molar-refractivity contribution in [3.8, 4) is 0 Å². The number of nitrogens with zero attached hydrogens (tertiary/aromatic N) is 1. The summed E-state index contributed by atoms with van der Waals surface area (Å²) >= 11 is 0. The molecule has 2 aliphatic rings. The van der Waals surface area contributed by atoms with Gasteiger partial charge in [-0.2, -0.15) is 13.2 Å². The first-order chi connectivity index (χ1) is 18.3. The van der Waals surface area contributed by atoms with Crippen molar-refractivity contribution in [2.45, 2.75) is 62.5 Å². The SMILES string of the molecule is CC(F)(c1ccc2c(c1)CC[C@H]1N(Cc3ccc(C(=O)O)cc3F)CC[C@@]21Cc1ccc(F)cc1)C(F)(F)F. The molecule has 3 aromatic carbocycles. The van der Waals surface area contributed by atoms with Crippen LogP contribution in [0, 0.1) is 11.6 Å². The maximum Gasteiger partial charge on any atom is 0.426 e. The number of carbonyl (C=O) groups is 1. The Labute approximate surface area is 222 Å². The highest BCUT2D eigenvalue weighted by molar-refractivity contribution is 5.87. The lowest BCUT2D eigenvalue weighted by molar-refractivity contribution is -0.228. The number of rotatable bonds is 6. The molecule has 0 amide bonds. The van der Waals surface area contributed by atoms with Crippen molar-refractivity contribution in [3.05, 3.63) is 106 Å². The molecule has 0 spiro atoms. The number of carboxylic acids is 1. The second kappa shape index (κ2) is 9.70. The van der Waals surface area contributed by atoms with Gasteiger partial charge in [-0.15, -0.1) is 0 Å². The van der Waals surface area contributed by atoms with Gasteiger partial charge in [0.2, 0.25) is 5.67 Å². The third-order valence-electron chi connectivity index (χ3n) is 8.43. The van der Waals surface area contributed by atoms with Crippen molar-refractivity contribution < 1.29 is 36.2 Å². The van der Waals surface area contributed by atoms with E-state index in [1.807, 2.05) is 0 Å². The molecule has 206 valence electrons. The molecule has 1 aliphatic carbocycles. The molecule has 0 radical (unpaired) electrons. The van der Waals surface area contributed by atoms with E-state index in [0.717, 1.165) is 17.2 Å². The molecule has 1 saturated heterocycles. The minimum absolute atomic E-state index is 0.112. The van der Waals surface area contributed by atoms with E-state index in [1.54, 1.807) is 18.2 Å². The molecule has 1 unspecified atom stereocenters. The number of aryl methyl sites for hydroxylation is 1. The van der Waals surface area contributed by atoms with Crippen LogP contribution in [-0.2, 0) is 30.5 Å². The van der Waals surface area contributed by atoms with E-state index >= 15 is 0 Å². The summed E-state index contributed by atoms with van der Waals surface area (Å²) in [5.74, 6) is -2.23. The van der Waals surface area contributed by atoms with E-state index in [4.69, 9.17) is 5.11 Å². The van der Waals surface area contributed by atoms with E-state index in [-0.39, 0.29) is 24.0 Å². The molecule has 5 rings (SSSR count). The Morgan fingerprint density at radius 2 is 1.74 bits per heavy atom. The van der Waals surface area contributed by atoms with Gasteiger partial charge in [0.05, 0.1) is 5.56 Å². The molecule has 0 saturated carbocycles. The highest BCUT2D eigenvalue weighted by Gasteiger charge is 2.55. The molecule has 39 heavy (non-hydrogen) atoms. The van der Waals surface area contributed by atoms with Gasteiger partial charge >= 0.3 is 12.1 Å². The van der Waals surface area contributed by atoms with Gasteiger partial charge in [0, 0.05) is 23.6 Å². The quantitative estimate of drug-likeness (QED) is 0.335. The van der Waals surface area contributed by atoms with E-state index in [1.165, 1.54) is 36.4 Å². The Bertz CT molecular complexity index is 1400. The molecule has 0 bridgehead atoms. The lowest BCUT2D eigenvalue weighted by atomic mass is 9.63. The second-order valence-corrected chi connectivity index (χ2v) is 10.7. The van der Waals surface area contributed by atoms with Gasteiger partial charge in [-0.1, -0.05) is 36.4 Å². The van der Waals surface area contributed by atoms with E-state index in [0.29, 0.717) is 50.3 Å². The van der Waals surface area contributed by atoms with Crippen molar-refractivity contribution in [3.63, 3.8) is 0 Å². The number of hydrogen-bond acceptors (Lipinski definition) is 2. The van der Waals surface area contributed by atoms with Crippen molar-refractivity contribution in [1.82, 2.24) is 4.90 Å². The summed E-state index contributed by atoms with van der Waals surface area (Å²) in [6, 6.07) is 13.9. The summed E-state index contributed by atoms with van der Waals surface area (Å²) in [5, 5.41) is 9.15. The fraction of sp³-hybridized carbons (Fsp3) is 0.367. The summed E-state index contributed by atoms with van der Waals surface area (Å²) in [6.45, 7) is 1.32. The van der Waals surface area contributed by atoms with Gasteiger partial charge in [0.15, 0.2) is 0 Å². The fourth-order valence-corrected chi connectivity index (χ4v) is 6.31. The predicted molar refractivity (Wildman–Crippen MR) is 133 cm³/mol. The zero-order valence-electron chi connectivity index (χ0n) is 21.2. The molecule has 1 N–H and O–H groups in total. The Morgan fingerprint density at radius 1 is 1.03 bits per heavy atom. The Morgan fingerprint density at radius 3 is 2.38 bits per heavy atom. The lowest BCUT2D eigenvalue weighted by Gasteiger charge is -2.44. The fourth-order valence-electron chi connectivity index (χ4n) is 6.31. The van der Waals surface area contributed by atoms with Gasteiger partial charge in [-0.25, -0.2) is 18.0 Å². The van der Waals surface area contributed by atoms with E-state index in [2.05, 4.69) is 4.90 Å². The summed E-state index contributed by atoms with van der Waals surface area (Å²) in [7, 11) is 0. The van der Waals surface area contributed by atoms with Gasteiger partial charge in [0.25, 0.3) is 0 Å². The summed E-state index contributed by atoms with van der Waals surface area (Å²) in [5.41, 5.74) is -1.98. The topological polar surface area (TPSA) is 40.5 Å². The van der Waals surface area contributed by atoms with E-state index < -0.39 is 34.6 Å². The molecule has 1 aliphatic heterocycles. The van der Waals surface area contributed by atoms with Crippen LogP contribution in [-0.4, -0.2) is 34.7 Å². The summed E-state index contributed by atoms with van der Waals surface area (Å²) in [6.07, 6.45) is -2.99. The lowest BCUT2D eigenvalue weighted by Crippen LogP contribution is -2.47. The monoisotopic (exact) mass is 547 g/mol. The van der Waals surface area contributed by atoms with E-state index in [9.17, 15) is 31.1 Å². The molecular formula is C30H27F6NO2. The number of benzene rings is 3. The van der Waals surface area contributed by atoms with Crippen molar-refractivity contribution in [2.24, 2.45) is 0 Å². The van der Waals surface area contributed by atoms with Crippen molar-refractivity contribution >= 4 is 5.97 Å². The molecular weight excluding hydrogens is 520 g/mol. The number of carboxylic acid groups (broad SMARTS) is 1. The zero-order chi connectivity index (χ0) is 28.2. The summed E-state index contributed by atoms with van der Waals surface area (Å²) in [4.78, 5) is 13.3. The Balaban J connectivity index is 1.53. The van der Waals surface area contributed by atoms with Crippen LogP contribution in [0.25, 0.3) is 0 Å². The first-order valence-electron chi connectivity index (χ1n) is 12.7. The minimum atomic E-state index is -5.06. The van der Waals surface area contributed by atoms with Crippen LogP contribution < -0.4 is 0 Å². The van der Waals surface area contributed by atoms with Crippen LogP contribution >= 0.6 is 0 Å². The van der Waals surface area contributed by atoms with Crippen LogP contribution in [0.2, 0.25) is 0 Å². The maximum atomic E-state index is 14.8. The van der Waals surface area contributed by atoms with Crippen molar-refractivity contribution in [1.29, 1.82) is 0 Å². The van der Waals surface area contributed by atoms with Gasteiger partial charge in [-0.3, -0.25) is 4.90 Å². The van der Waals surface area contributed by atoms with Crippen LogP contribution in [0.4, 0.5) is 26.3 Å². The normalized spacial score (nSPS) is 22.7. The number of hydrogen-bond donors (Lipinski definition) is 1. The molecule has 3 aromatic rings. The average Bonchev–Trinajstić information content (AvgIpc) is 3.23. The van der Waals surface area contributed by atoms with Crippen LogP contribution in [0.3, 0.4) is 0 Å². The smallest absolute Gasteiger partial charge is 0.426 e. The number of alkyl halides is 4. The number of likely N-dealkylation sites (tertiary alicyclic amines) is 1. The largest absolute Gasteiger partial charge is 0.478 e. The molecule has 9 heteroatoms. The van der Waals surface area contributed by atoms with Crippen LogP contribution in [0.15, 0.2) is 60.7 Å². The molecule has 3 nitrogen and oxygen atoms in total. The number of halogens is 6. The second-order valence-electron chi connectivity index (χ2n) is 10.7. The summed E-state index contributed by atoms with van der Waals surface area (Å²) < 4.78 is 83.6. The van der Waals surface area contributed by atoms with Crippen LogP contribution in [0.5, 0.6) is 0 Å². The highest BCUT2D eigenvalue weighted by Crippen LogP contribution is 2.51. The van der Waals surface area contributed by atoms with Gasteiger partial charge in [-0.05, 0) is 85.7 Å². The van der Waals surface area contributed by atoms with Crippen LogP contribution in [0.1, 0.15) is 57.9 Å². The number of fused-ring (bicyclic) bond motifs is 3. The minimum Gasteiger partial charge on any atom is -0.478 e. The highest BCUT2D eigenvalue weighted by atomic mass is 19.4. The first kappa shape index (κ1) is 27.2. The third-order valence-corrected chi connectivity index (χ3v) is 8.43. The van der Waals surface area contributed by atoms with Crippen molar-refractivity contribution in [2.75, 3.05) is 6.54 Å². The number of aromatic carboxylic acids is 1. The zero-order valence-corrected chi connectivity index (χ0v) is 21.2. The van der Waals surface area contributed by atoms with Gasteiger partial charge < -0.3 is 5.11 Å². The molecule has 3 atom stereocenters. The molecule has 1 fully saturated rings.